The van der Waals surface area contributed by atoms with Crippen LogP contribution in [0.4, 0.5) is 0 Å². The van der Waals surface area contributed by atoms with Gasteiger partial charge in [0.05, 0.1) is 5.02 Å². The number of carbonyl (C=O) groups is 2. The highest BCUT2D eigenvalue weighted by atomic mass is 35.5. The molecule has 1 amide bonds. The zero-order chi connectivity index (χ0) is 19.4. The van der Waals surface area contributed by atoms with Crippen LogP contribution >= 0.6 is 11.6 Å². The summed E-state index contributed by atoms with van der Waals surface area (Å²) in [7, 11) is 0. The molecule has 138 valence electrons. The first-order chi connectivity index (χ1) is 12.9. The topological polar surface area (TPSA) is 79.0 Å². The Hall–Kier alpha value is -2.92. The van der Waals surface area contributed by atoms with Crippen molar-refractivity contribution in [3.8, 4) is 0 Å². The zero-order valence-electron chi connectivity index (χ0n) is 14.8. The SMILES string of the molecule is Cc1ccc2[nH]c(=O)c(CNC(=O)CCC(=O)c3ccccc3Cl)cc2c1. The fourth-order valence-corrected chi connectivity index (χ4v) is 3.07. The quantitative estimate of drug-likeness (QED) is 0.637. The highest BCUT2D eigenvalue weighted by Gasteiger charge is 2.12. The van der Waals surface area contributed by atoms with Gasteiger partial charge in [0.25, 0.3) is 5.56 Å². The van der Waals surface area contributed by atoms with Crippen molar-refractivity contribution in [2.24, 2.45) is 0 Å². The summed E-state index contributed by atoms with van der Waals surface area (Å²) in [6.07, 6.45) is 0.0947. The van der Waals surface area contributed by atoms with Crippen molar-refractivity contribution in [2.45, 2.75) is 26.3 Å². The molecule has 2 aromatic carbocycles. The number of ketones is 1. The van der Waals surface area contributed by atoms with Crippen molar-refractivity contribution < 1.29 is 9.59 Å². The zero-order valence-corrected chi connectivity index (χ0v) is 15.6. The van der Waals surface area contributed by atoms with Gasteiger partial charge in [-0.15, -0.1) is 0 Å². The lowest BCUT2D eigenvalue weighted by atomic mass is 10.1. The molecule has 3 rings (SSSR count). The first-order valence-electron chi connectivity index (χ1n) is 8.61. The fraction of sp³-hybridized carbons (Fsp3) is 0.190. The monoisotopic (exact) mass is 382 g/mol. The number of fused-ring (bicyclic) bond motifs is 1. The Kier molecular flexibility index (Phi) is 5.72. The number of hydrogen-bond donors (Lipinski definition) is 2. The summed E-state index contributed by atoms with van der Waals surface area (Å²) in [4.78, 5) is 39.2. The van der Waals surface area contributed by atoms with Crippen LogP contribution in [0.3, 0.4) is 0 Å². The van der Waals surface area contributed by atoms with Gasteiger partial charge in [-0.2, -0.15) is 0 Å². The molecular weight excluding hydrogens is 364 g/mol. The highest BCUT2D eigenvalue weighted by molar-refractivity contribution is 6.34. The van der Waals surface area contributed by atoms with Crippen molar-refractivity contribution in [1.29, 1.82) is 0 Å². The number of carbonyl (C=O) groups excluding carboxylic acids is 2. The van der Waals surface area contributed by atoms with E-state index in [9.17, 15) is 14.4 Å². The van der Waals surface area contributed by atoms with E-state index in [1.54, 1.807) is 30.3 Å². The van der Waals surface area contributed by atoms with Crippen LogP contribution in [0.2, 0.25) is 5.02 Å². The number of aromatic nitrogens is 1. The molecule has 0 saturated carbocycles. The third kappa shape index (κ3) is 4.63. The number of rotatable bonds is 6. The molecule has 5 nitrogen and oxygen atoms in total. The van der Waals surface area contributed by atoms with Gasteiger partial charge in [0.15, 0.2) is 5.78 Å². The van der Waals surface area contributed by atoms with Crippen LogP contribution in [0.15, 0.2) is 53.3 Å². The van der Waals surface area contributed by atoms with E-state index in [0.717, 1.165) is 16.5 Å². The predicted octanol–water partition coefficient (Wildman–Crippen LogP) is 3.77. The van der Waals surface area contributed by atoms with Crippen molar-refractivity contribution in [1.82, 2.24) is 10.3 Å². The number of halogens is 1. The van der Waals surface area contributed by atoms with E-state index in [0.29, 0.717) is 16.1 Å². The normalized spacial score (nSPS) is 10.7. The number of benzene rings is 2. The molecule has 1 aromatic heterocycles. The Bertz CT molecular complexity index is 1070. The van der Waals surface area contributed by atoms with Crippen molar-refractivity contribution in [2.75, 3.05) is 0 Å². The maximum absolute atomic E-state index is 12.2. The number of amides is 1. The lowest BCUT2D eigenvalue weighted by Gasteiger charge is -2.07. The standard InChI is InChI=1S/C21H19ClN2O3/c1-13-6-7-18-14(10-13)11-15(21(27)24-18)12-23-20(26)9-8-19(25)16-4-2-3-5-17(16)22/h2-7,10-11H,8-9,12H2,1H3,(H,23,26)(H,24,27). The van der Waals surface area contributed by atoms with E-state index in [1.165, 1.54) is 0 Å². The van der Waals surface area contributed by atoms with Crippen LogP contribution in [0.5, 0.6) is 0 Å². The summed E-state index contributed by atoms with van der Waals surface area (Å²) in [6, 6.07) is 14.3. The van der Waals surface area contributed by atoms with E-state index in [2.05, 4.69) is 10.3 Å². The van der Waals surface area contributed by atoms with Gasteiger partial charge in [0.2, 0.25) is 5.91 Å². The second-order valence-corrected chi connectivity index (χ2v) is 6.80. The minimum atomic E-state index is -0.292. The molecule has 27 heavy (non-hydrogen) atoms. The Balaban J connectivity index is 1.60. The molecule has 3 aromatic rings. The molecule has 2 N–H and O–H groups in total. The van der Waals surface area contributed by atoms with Crippen molar-refractivity contribution in [3.05, 3.63) is 80.6 Å². The Labute approximate surface area is 161 Å². The maximum atomic E-state index is 12.2. The van der Waals surface area contributed by atoms with Crippen LogP contribution < -0.4 is 10.9 Å². The Morgan fingerprint density at radius 2 is 1.85 bits per heavy atom. The van der Waals surface area contributed by atoms with E-state index in [4.69, 9.17) is 11.6 Å². The summed E-state index contributed by atoms with van der Waals surface area (Å²) in [5.74, 6) is -0.478. The van der Waals surface area contributed by atoms with E-state index in [-0.39, 0.29) is 36.6 Å². The van der Waals surface area contributed by atoms with Gasteiger partial charge in [-0.3, -0.25) is 14.4 Å². The van der Waals surface area contributed by atoms with Crippen LogP contribution in [0, 0.1) is 6.92 Å². The van der Waals surface area contributed by atoms with Crippen molar-refractivity contribution in [3.63, 3.8) is 0 Å². The number of pyridine rings is 1. The first kappa shape index (κ1) is 18.9. The molecule has 0 fully saturated rings. The fourth-order valence-electron chi connectivity index (χ4n) is 2.83. The lowest BCUT2D eigenvalue weighted by molar-refractivity contribution is -0.121. The molecule has 1 heterocycles. The number of Topliss-reactive ketones (excluding diaryl/α,β-unsaturated/α-hetero) is 1. The summed E-state index contributed by atoms with van der Waals surface area (Å²) >= 11 is 5.99. The second-order valence-electron chi connectivity index (χ2n) is 6.39. The van der Waals surface area contributed by atoms with Gasteiger partial charge in [-0.25, -0.2) is 0 Å². The predicted molar refractivity (Wildman–Crippen MR) is 106 cm³/mol. The molecule has 0 radical (unpaired) electrons. The summed E-state index contributed by atoms with van der Waals surface area (Å²) in [6.45, 7) is 2.08. The van der Waals surface area contributed by atoms with E-state index in [1.807, 2.05) is 25.1 Å². The van der Waals surface area contributed by atoms with E-state index < -0.39 is 0 Å². The third-order valence-corrected chi connectivity index (χ3v) is 4.64. The van der Waals surface area contributed by atoms with E-state index >= 15 is 0 Å². The summed E-state index contributed by atoms with van der Waals surface area (Å²) in [5.41, 5.74) is 2.49. The number of H-pyrrole nitrogens is 1. The number of aromatic amines is 1. The minimum absolute atomic E-state index is 0.0364. The first-order valence-corrected chi connectivity index (χ1v) is 8.99. The largest absolute Gasteiger partial charge is 0.352 e. The molecule has 0 aliphatic rings. The molecule has 6 heteroatoms. The molecule has 0 atom stereocenters. The second kappa shape index (κ2) is 8.18. The van der Waals surface area contributed by atoms with Crippen LogP contribution in [-0.2, 0) is 11.3 Å². The minimum Gasteiger partial charge on any atom is -0.352 e. The Morgan fingerprint density at radius 3 is 2.63 bits per heavy atom. The van der Waals surface area contributed by atoms with Gasteiger partial charge < -0.3 is 10.3 Å². The molecule has 0 aliphatic heterocycles. The molecule has 0 saturated heterocycles. The third-order valence-electron chi connectivity index (χ3n) is 4.31. The average molecular weight is 383 g/mol. The highest BCUT2D eigenvalue weighted by Crippen LogP contribution is 2.17. The average Bonchev–Trinajstić information content (AvgIpc) is 2.65. The number of aryl methyl sites for hydroxylation is 1. The van der Waals surface area contributed by atoms with Gasteiger partial charge in [0.1, 0.15) is 0 Å². The number of nitrogens with one attached hydrogen (secondary N) is 2. The molecule has 0 bridgehead atoms. The van der Waals surface area contributed by atoms with Gasteiger partial charge >= 0.3 is 0 Å². The molecule has 0 unspecified atom stereocenters. The molecule has 0 spiro atoms. The Morgan fingerprint density at radius 1 is 1.07 bits per heavy atom. The van der Waals surface area contributed by atoms with Crippen molar-refractivity contribution >= 4 is 34.2 Å². The van der Waals surface area contributed by atoms with Crippen LogP contribution in [0.25, 0.3) is 10.9 Å². The van der Waals surface area contributed by atoms with Gasteiger partial charge in [-0.05, 0) is 42.6 Å². The molecule has 0 aliphatic carbocycles. The van der Waals surface area contributed by atoms with Crippen LogP contribution in [-0.4, -0.2) is 16.7 Å². The maximum Gasteiger partial charge on any atom is 0.253 e. The van der Waals surface area contributed by atoms with Gasteiger partial charge in [0, 0.05) is 36.0 Å². The van der Waals surface area contributed by atoms with Gasteiger partial charge in [-0.1, -0.05) is 35.4 Å². The molecular formula is C21H19ClN2O3. The smallest absolute Gasteiger partial charge is 0.253 e. The summed E-state index contributed by atoms with van der Waals surface area (Å²) < 4.78 is 0. The lowest BCUT2D eigenvalue weighted by Crippen LogP contribution is -2.27. The summed E-state index contributed by atoms with van der Waals surface area (Å²) in [5, 5.41) is 3.98. The number of hydrogen-bond acceptors (Lipinski definition) is 3. The van der Waals surface area contributed by atoms with Crippen LogP contribution in [0.1, 0.15) is 34.3 Å².